The lowest BCUT2D eigenvalue weighted by molar-refractivity contribution is -0.142. The van der Waals surface area contributed by atoms with Crippen LogP contribution in [0.2, 0.25) is 5.02 Å². The Morgan fingerprint density at radius 2 is 1.73 bits per heavy atom. The fourth-order valence-corrected chi connectivity index (χ4v) is 5.30. The standard InChI is InChI=1S/C26H33ClN6O4/c1-31-15-16-33(23(34)17-31)20-11-13-32(14-12-20)26(24(28)35,21-5-3-4-6-22(21)37-2)30-25(36)29-19-9-7-18(27)8-10-19/h3-10,20H,11-17H2,1-2H3,(H2,28,35)(H2,29,30,36). The van der Waals surface area contributed by atoms with Crippen molar-refractivity contribution < 1.29 is 19.1 Å². The number of carbonyl (C=O) groups excluding carboxylic acids is 3. The highest BCUT2D eigenvalue weighted by atomic mass is 35.5. The summed E-state index contributed by atoms with van der Waals surface area (Å²) in [5.41, 5.74) is 5.33. The maximum absolute atomic E-state index is 13.3. The highest BCUT2D eigenvalue weighted by Gasteiger charge is 2.49. The van der Waals surface area contributed by atoms with Crippen molar-refractivity contribution in [2.24, 2.45) is 5.73 Å². The van der Waals surface area contributed by atoms with Crippen molar-refractivity contribution in [3.8, 4) is 5.75 Å². The van der Waals surface area contributed by atoms with E-state index in [0.717, 1.165) is 6.54 Å². The molecule has 2 aliphatic rings. The number of ether oxygens (including phenoxy) is 1. The van der Waals surface area contributed by atoms with Crippen LogP contribution in [0.25, 0.3) is 0 Å². The first-order valence-electron chi connectivity index (χ1n) is 12.3. The predicted octanol–water partition coefficient (Wildman–Crippen LogP) is 2.05. The van der Waals surface area contributed by atoms with Gasteiger partial charge in [-0.25, -0.2) is 4.79 Å². The molecule has 10 nitrogen and oxygen atoms in total. The number of primary amides is 1. The van der Waals surface area contributed by atoms with E-state index in [4.69, 9.17) is 22.1 Å². The lowest BCUT2D eigenvalue weighted by atomic mass is 9.91. The minimum atomic E-state index is -1.68. The molecular weight excluding hydrogens is 496 g/mol. The fraction of sp³-hybridized carbons (Fsp3) is 0.423. The van der Waals surface area contributed by atoms with Crippen molar-refractivity contribution in [3.63, 3.8) is 0 Å². The van der Waals surface area contributed by atoms with E-state index >= 15 is 0 Å². The van der Waals surface area contributed by atoms with E-state index in [1.807, 2.05) is 21.7 Å². The number of benzene rings is 2. The zero-order valence-electron chi connectivity index (χ0n) is 21.1. The Bertz CT molecular complexity index is 1140. The molecule has 0 aliphatic carbocycles. The highest BCUT2D eigenvalue weighted by molar-refractivity contribution is 6.30. The number of hydrogen-bond donors (Lipinski definition) is 3. The number of rotatable bonds is 7. The molecule has 2 saturated heterocycles. The summed E-state index contributed by atoms with van der Waals surface area (Å²) < 4.78 is 5.57. The summed E-state index contributed by atoms with van der Waals surface area (Å²) in [6.45, 7) is 2.78. The number of nitrogens with two attached hydrogens (primary N) is 1. The Hall–Kier alpha value is -3.34. The first-order valence-corrected chi connectivity index (χ1v) is 12.6. The van der Waals surface area contributed by atoms with Crippen molar-refractivity contribution in [2.45, 2.75) is 24.5 Å². The molecule has 2 aromatic carbocycles. The van der Waals surface area contributed by atoms with Gasteiger partial charge in [0.2, 0.25) is 11.6 Å². The van der Waals surface area contributed by atoms with E-state index in [2.05, 4.69) is 10.6 Å². The summed E-state index contributed by atoms with van der Waals surface area (Å²) in [7, 11) is 3.44. The van der Waals surface area contributed by atoms with Gasteiger partial charge in [-0.2, -0.15) is 0 Å². The number of hydrogen-bond acceptors (Lipinski definition) is 6. The third-order valence-electron chi connectivity index (χ3n) is 7.08. The molecule has 0 saturated carbocycles. The Balaban J connectivity index is 1.62. The average molecular weight is 529 g/mol. The minimum Gasteiger partial charge on any atom is -0.496 e. The number of likely N-dealkylation sites (tertiary alicyclic amines) is 1. The number of piperazine rings is 1. The lowest BCUT2D eigenvalue weighted by Crippen LogP contribution is -2.68. The summed E-state index contributed by atoms with van der Waals surface area (Å²) in [6, 6.07) is 13.1. The molecular formula is C26H33ClN6O4. The zero-order chi connectivity index (χ0) is 26.6. The van der Waals surface area contributed by atoms with Crippen LogP contribution in [0.5, 0.6) is 5.75 Å². The smallest absolute Gasteiger partial charge is 0.321 e. The number of nitrogens with one attached hydrogen (secondary N) is 2. The summed E-state index contributed by atoms with van der Waals surface area (Å²) in [4.78, 5) is 45.0. The molecule has 198 valence electrons. The van der Waals surface area contributed by atoms with Crippen molar-refractivity contribution in [2.75, 3.05) is 52.2 Å². The largest absolute Gasteiger partial charge is 0.496 e. The van der Waals surface area contributed by atoms with E-state index in [1.165, 1.54) is 7.11 Å². The second-order valence-electron chi connectivity index (χ2n) is 9.40. The number of nitrogens with zero attached hydrogens (tertiary/aromatic N) is 3. The van der Waals surface area contributed by atoms with Gasteiger partial charge in [-0.3, -0.25) is 19.4 Å². The summed E-state index contributed by atoms with van der Waals surface area (Å²) in [6.07, 6.45) is 1.28. The molecule has 2 heterocycles. The lowest BCUT2D eigenvalue weighted by Gasteiger charge is -2.48. The number of anilines is 1. The Morgan fingerprint density at radius 3 is 2.35 bits per heavy atom. The number of para-hydroxylation sites is 1. The SMILES string of the molecule is COc1ccccc1C(NC(=O)Nc1ccc(Cl)cc1)(C(N)=O)N1CCC(N2CCN(C)CC2=O)CC1. The third-order valence-corrected chi connectivity index (χ3v) is 7.33. The average Bonchev–Trinajstić information content (AvgIpc) is 2.89. The highest BCUT2D eigenvalue weighted by Crippen LogP contribution is 2.36. The van der Waals surface area contributed by atoms with Crippen molar-refractivity contribution in [1.82, 2.24) is 20.0 Å². The normalized spacial score (nSPS) is 19.2. The van der Waals surface area contributed by atoms with Crippen LogP contribution in [0.1, 0.15) is 18.4 Å². The molecule has 4 amide bonds. The van der Waals surface area contributed by atoms with Crippen molar-refractivity contribution >= 4 is 35.1 Å². The Kier molecular flexibility index (Phi) is 8.21. The van der Waals surface area contributed by atoms with Gasteiger partial charge in [0.15, 0.2) is 0 Å². The molecule has 2 aliphatic heterocycles. The van der Waals surface area contributed by atoms with Gasteiger partial charge in [0, 0.05) is 48.5 Å². The quantitative estimate of drug-likeness (QED) is 0.506. The molecule has 1 atom stereocenters. The van der Waals surface area contributed by atoms with Crippen molar-refractivity contribution in [1.29, 1.82) is 0 Å². The number of amides is 4. The number of urea groups is 1. The molecule has 4 rings (SSSR count). The van der Waals surface area contributed by atoms with Gasteiger partial charge < -0.3 is 26.0 Å². The predicted molar refractivity (Wildman–Crippen MR) is 141 cm³/mol. The fourth-order valence-electron chi connectivity index (χ4n) is 5.17. The zero-order valence-corrected chi connectivity index (χ0v) is 21.8. The molecule has 1 unspecified atom stereocenters. The molecule has 0 aromatic heterocycles. The molecule has 0 bridgehead atoms. The second-order valence-corrected chi connectivity index (χ2v) is 9.84. The van der Waals surface area contributed by atoms with E-state index in [9.17, 15) is 14.4 Å². The maximum Gasteiger partial charge on any atom is 0.321 e. The maximum atomic E-state index is 13.3. The van der Waals surface area contributed by atoms with Gasteiger partial charge in [-0.05, 0) is 50.2 Å². The van der Waals surface area contributed by atoms with E-state index in [0.29, 0.717) is 61.0 Å². The van der Waals surface area contributed by atoms with E-state index in [1.54, 1.807) is 48.5 Å². The van der Waals surface area contributed by atoms with Crippen LogP contribution in [0, 0.1) is 0 Å². The van der Waals surface area contributed by atoms with E-state index in [-0.39, 0.29) is 11.9 Å². The summed E-state index contributed by atoms with van der Waals surface area (Å²) in [5.74, 6) is -0.208. The second kappa shape index (κ2) is 11.4. The number of halogens is 1. The van der Waals surface area contributed by atoms with Crippen LogP contribution >= 0.6 is 11.6 Å². The van der Waals surface area contributed by atoms with Crippen LogP contribution in [0.15, 0.2) is 48.5 Å². The molecule has 0 radical (unpaired) electrons. The van der Waals surface area contributed by atoms with Gasteiger partial charge in [0.05, 0.1) is 13.7 Å². The molecule has 11 heteroatoms. The third kappa shape index (κ3) is 5.66. The first-order chi connectivity index (χ1) is 17.7. The molecule has 2 aromatic rings. The van der Waals surface area contributed by atoms with Crippen molar-refractivity contribution in [3.05, 3.63) is 59.1 Å². The molecule has 37 heavy (non-hydrogen) atoms. The van der Waals surface area contributed by atoms with Crippen LogP contribution in [0.3, 0.4) is 0 Å². The summed E-state index contributed by atoms with van der Waals surface area (Å²) in [5, 5.41) is 6.15. The summed E-state index contributed by atoms with van der Waals surface area (Å²) >= 11 is 5.96. The molecule has 0 spiro atoms. The number of carbonyl (C=O) groups is 3. The first kappa shape index (κ1) is 26.7. The van der Waals surface area contributed by atoms with Crippen LogP contribution in [-0.4, -0.2) is 85.5 Å². The minimum absolute atomic E-state index is 0.0589. The topological polar surface area (TPSA) is 120 Å². The van der Waals surface area contributed by atoms with Crippen LogP contribution in [-0.2, 0) is 15.3 Å². The number of likely N-dealkylation sites (N-methyl/N-ethyl adjacent to an activating group) is 1. The Labute approximate surface area is 221 Å². The monoisotopic (exact) mass is 528 g/mol. The molecule has 2 fully saturated rings. The van der Waals surface area contributed by atoms with Gasteiger partial charge in [0.25, 0.3) is 5.91 Å². The molecule has 4 N–H and O–H groups in total. The van der Waals surface area contributed by atoms with Gasteiger partial charge in [-0.1, -0.05) is 29.8 Å². The van der Waals surface area contributed by atoms with Gasteiger partial charge in [0.1, 0.15) is 5.75 Å². The van der Waals surface area contributed by atoms with Gasteiger partial charge in [-0.15, -0.1) is 0 Å². The van der Waals surface area contributed by atoms with Crippen LogP contribution < -0.4 is 21.1 Å². The number of piperidine rings is 1. The van der Waals surface area contributed by atoms with Crippen LogP contribution in [0.4, 0.5) is 10.5 Å². The van der Waals surface area contributed by atoms with Gasteiger partial charge >= 0.3 is 6.03 Å². The van der Waals surface area contributed by atoms with E-state index < -0.39 is 17.6 Å². The number of methoxy groups -OCH3 is 1. The Morgan fingerprint density at radius 1 is 1.05 bits per heavy atom.